The summed E-state index contributed by atoms with van der Waals surface area (Å²) in [6.07, 6.45) is 1.73. The van der Waals surface area contributed by atoms with Gasteiger partial charge in [0.15, 0.2) is 11.2 Å². The highest BCUT2D eigenvalue weighted by molar-refractivity contribution is 5.92. The lowest BCUT2D eigenvalue weighted by atomic mass is 9.46. The summed E-state index contributed by atoms with van der Waals surface area (Å²) in [5.74, 6) is 0.0581. The summed E-state index contributed by atoms with van der Waals surface area (Å²) >= 11 is 0. The number of cyclic esters (lactones) is 1. The van der Waals surface area contributed by atoms with Crippen molar-refractivity contribution in [2.24, 2.45) is 11.3 Å². The van der Waals surface area contributed by atoms with E-state index in [0.29, 0.717) is 13.2 Å². The lowest BCUT2D eigenvalue weighted by molar-refractivity contribution is -0.155. The van der Waals surface area contributed by atoms with E-state index in [1.54, 1.807) is 13.8 Å². The average molecular weight is 404 g/mol. The molecular formula is C22H28O7. The van der Waals surface area contributed by atoms with Gasteiger partial charge in [-0.25, -0.2) is 4.79 Å². The molecule has 158 valence electrons. The van der Waals surface area contributed by atoms with E-state index in [4.69, 9.17) is 23.7 Å². The van der Waals surface area contributed by atoms with Gasteiger partial charge in [-0.2, -0.15) is 0 Å². The molecule has 3 saturated heterocycles. The van der Waals surface area contributed by atoms with E-state index in [2.05, 4.69) is 6.92 Å². The van der Waals surface area contributed by atoms with Crippen LogP contribution in [0, 0.1) is 11.3 Å². The Balaban J connectivity index is 1.38. The predicted molar refractivity (Wildman–Crippen MR) is 98.0 cm³/mol. The molecule has 7 rings (SSSR count). The third-order valence-electron chi connectivity index (χ3n) is 9.40. The molecule has 0 unspecified atom stereocenters. The highest BCUT2D eigenvalue weighted by atomic mass is 16.8. The normalized spacial score (nSPS) is 58.2. The van der Waals surface area contributed by atoms with Gasteiger partial charge in [0.2, 0.25) is 0 Å². The van der Waals surface area contributed by atoms with Crippen molar-refractivity contribution in [3.05, 3.63) is 11.1 Å². The summed E-state index contributed by atoms with van der Waals surface area (Å²) in [4.78, 5) is 12.2. The summed E-state index contributed by atoms with van der Waals surface area (Å²) in [5.41, 5.74) is -1.09. The number of rotatable bonds is 3. The molecule has 2 saturated carbocycles. The van der Waals surface area contributed by atoms with Crippen LogP contribution in [0.2, 0.25) is 0 Å². The summed E-state index contributed by atoms with van der Waals surface area (Å²) in [6.45, 7) is 8.80. The zero-order chi connectivity index (χ0) is 20.2. The minimum atomic E-state index is -1.06. The van der Waals surface area contributed by atoms with Gasteiger partial charge in [-0.15, -0.1) is 0 Å². The molecule has 5 fully saturated rings. The van der Waals surface area contributed by atoms with Gasteiger partial charge in [-0.1, -0.05) is 6.92 Å². The van der Waals surface area contributed by atoms with E-state index in [1.165, 1.54) is 0 Å². The second-order valence-electron chi connectivity index (χ2n) is 10.7. The van der Waals surface area contributed by atoms with Crippen molar-refractivity contribution in [1.29, 1.82) is 0 Å². The van der Waals surface area contributed by atoms with Crippen LogP contribution in [-0.4, -0.2) is 71.1 Å². The standard InChI is InChI=1S/C22H28O7/c1-5-25-17-20-13(27-20)8-12-11-9-26-16(23)10(11)6-7-19(12,4)22(20)15(29-22)14-21(17,28-14)18(2,3)24/h12-15,17,24H,5-9H2,1-4H3/t12-,13-,14-,15-,17-,19-,20+,21-,22+/m0/s1. The maximum atomic E-state index is 12.2. The second kappa shape index (κ2) is 4.60. The molecule has 0 amide bonds. The van der Waals surface area contributed by atoms with Gasteiger partial charge < -0.3 is 28.8 Å². The lowest BCUT2D eigenvalue weighted by Crippen LogP contribution is -2.72. The first-order valence-electron chi connectivity index (χ1n) is 11.0. The molecule has 0 radical (unpaired) electrons. The van der Waals surface area contributed by atoms with Gasteiger partial charge >= 0.3 is 5.97 Å². The highest BCUT2D eigenvalue weighted by Crippen LogP contribution is 2.83. The molecule has 0 aromatic heterocycles. The smallest absolute Gasteiger partial charge is 0.334 e. The van der Waals surface area contributed by atoms with Gasteiger partial charge in [-0.05, 0) is 51.5 Å². The number of carbonyl (C=O) groups is 1. The molecule has 7 nitrogen and oxygen atoms in total. The van der Waals surface area contributed by atoms with Gasteiger partial charge in [-0.3, -0.25) is 0 Å². The molecule has 7 heteroatoms. The van der Waals surface area contributed by atoms with Crippen LogP contribution in [0.3, 0.4) is 0 Å². The third kappa shape index (κ3) is 1.53. The Hall–Kier alpha value is -0.990. The van der Waals surface area contributed by atoms with Crippen LogP contribution in [0.1, 0.15) is 47.0 Å². The largest absolute Gasteiger partial charge is 0.458 e. The Morgan fingerprint density at radius 3 is 2.76 bits per heavy atom. The van der Waals surface area contributed by atoms with Crippen molar-refractivity contribution in [1.82, 2.24) is 0 Å². The summed E-state index contributed by atoms with van der Waals surface area (Å²) in [5, 5.41) is 11.1. The molecule has 3 aliphatic carbocycles. The van der Waals surface area contributed by atoms with Crippen LogP contribution in [0.25, 0.3) is 0 Å². The zero-order valence-electron chi connectivity index (χ0n) is 17.3. The SMILES string of the molecule is CCO[C@@H]1[C@@]2(C(C)(C)O)O[C@H]2[C@@H]2O[C@]23[C@]12O[C@H]2C[C@H]1C2=C(CC[C@@]13C)C(=O)OC2. The molecule has 29 heavy (non-hydrogen) atoms. The first kappa shape index (κ1) is 17.7. The van der Waals surface area contributed by atoms with Gasteiger partial charge in [0, 0.05) is 17.6 Å². The van der Waals surface area contributed by atoms with Crippen LogP contribution in [-0.2, 0) is 28.5 Å². The topological polar surface area (TPSA) is 93.4 Å². The van der Waals surface area contributed by atoms with E-state index in [-0.39, 0.29) is 41.7 Å². The number of fused-ring (bicyclic) bond motifs is 4. The average Bonchev–Trinajstić information content (AvgIpc) is 3.53. The van der Waals surface area contributed by atoms with Crippen LogP contribution in [0.15, 0.2) is 11.1 Å². The molecule has 0 aromatic carbocycles. The number of ether oxygens (including phenoxy) is 5. The molecule has 0 bridgehead atoms. The minimum absolute atomic E-state index is 0.0194. The van der Waals surface area contributed by atoms with Crippen molar-refractivity contribution < 1.29 is 33.6 Å². The van der Waals surface area contributed by atoms with E-state index < -0.39 is 22.4 Å². The van der Waals surface area contributed by atoms with E-state index in [9.17, 15) is 9.90 Å². The molecular weight excluding hydrogens is 376 g/mol. The zero-order valence-corrected chi connectivity index (χ0v) is 17.3. The van der Waals surface area contributed by atoms with Crippen molar-refractivity contribution in [2.75, 3.05) is 13.2 Å². The third-order valence-corrected chi connectivity index (χ3v) is 9.40. The highest BCUT2D eigenvalue weighted by Gasteiger charge is 3.01. The van der Waals surface area contributed by atoms with E-state index in [0.717, 1.165) is 30.4 Å². The fourth-order valence-corrected chi connectivity index (χ4v) is 8.08. The van der Waals surface area contributed by atoms with Crippen LogP contribution in [0.5, 0.6) is 0 Å². The Morgan fingerprint density at radius 2 is 2.03 bits per heavy atom. The molecule has 1 N–H and O–H groups in total. The first-order valence-corrected chi connectivity index (χ1v) is 11.0. The molecule has 9 atom stereocenters. The Kier molecular flexibility index (Phi) is 2.80. The minimum Gasteiger partial charge on any atom is -0.458 e. The maximum absolute atomic E-state index is 12.2. The number of esters is 1. The Morgan fingerprint density at radius 1 is 1.24 bits per heavy atom. The maximum Gasteiger partial charge on any atom is 0.334 e. The number of hydrogen-bond donors (Lipinski definition) is 1. The second-order valence-corrected chi connectivity index (χ2v) is 10.7. The van der Waals surface area contributed by atoms with Crippen LogP contribution >= 0.6 is 0 Å². The summed E-state index contributed by atoms with van der Waals surface area (Å²) in [6, 6.07) is 0. The predicted octanol–water partition coefficient (Wildman–Crippen LogP) is 1.26. The number of hydrogen-bond acceptors (Lipinski definition) is 7. The van der Waals surface area contributed by atoms with Gasteiger partial charge in [0.05, 0.1) is 11.7 Å². The Labute approximate surface area is 169 Å². The first-order chi connectivity index (χ1) is 13.7. The van der Waals surface area contributed by atoms with E-state index in [1.807, 2.05) is 6.92 Å². The molecule has 2 spiro atoms. The number of carbonyl (C=O) groups excluding carboxylic acids is 1. The molecule has 4 heterocycles. The number of aliphatic hydroxyl groups is 1. The lowest BCUT2D eigenvalue weighted by Gasteiger charge is -2.54. The fraction of sp³-hybridized carbons (Fsp3) is 0.864. The van der Waals surface area contributed by atoms with Crippen LogP contribution in [0.4, 0.5) is 0 Å². The van der Waals surface area contributed by atoms with E-state index >= 15 is 0 Å². The summed E-state index contributed by atoms with van der Waals surface area (Å²) < 4.78 is 31.2. The van der Waals surface area contributed by atoms with Crippen molar-refractivity contribution in [2.45, 2.75) is 93.8 Å². The van der Waals surface area contributed by atoms with Crippen LogP contribution < -0.4 is 0 Å². The molecule has 4 aliphatic heterocycles. The fourth-order valence-electron chi connectivity index (χ4n) is 8.08. The van der Waals surface area contributed by atoms with Crippen molar-refractivity contribution in [3.63, 3.8) is 0 Å². The monoisotopic (exact) mass is 404 g/mol. The number of epoxide rings is 3. The quantitative estimate of drug-likeness (QED) is 0.559. The Bertz CT molecular complexity index is 890. The molecule has 0 aromatic rings. The van der Waals surface area contributed by atoms with Gasteiger partial charge in [0.25, 0.3) is 0 Å². The van der Waals surface area contributed by atoms with Crippen molar-refractivity contribution >= 4 is 5.97 Å². The van der Waals surface area contributed by atoms with Gasteiger partial charge in [0.1, 0.15) is 30.5 Å². The molecule has 7 aliphatic rings. The van der Waals surface area contributed by atoms with Crippen molar-refractivity contribution in [3.8, 4) is 0 Å². The summed E-state index contributed by atoms with van der Waals surface area (Å²) in [7, 11) is 0.